The molecule has 1 aromatic heterocycles. The Bertz CT molecular complexity index is 1450. The summed E-state index contributed by atoms with van der Waals surface area (Å²) in [4.78, 5) is 7.57. The van der Waals surface area contributed by atoms with E-state index in [0.717, 1.165) is 18.2 Å². The Balaban J connectivity index is 1.86. The zero-order chi connectivity index (χ0) is 22.3. The third-order valence-corrected chi connectivity index (χ3v) is 6.51. The molecule has 4 aromatic rings. The van der Waals surface area contributed by atoms with E-state index >= 15 is 4.39 Å². The van der Waals surface area contributed by atoms with E-state index in [1.165, 1.54) is 24.4 Å². The fourth-order valence-corrected chi connectivity index (χ4v) is 4.87. The molecule has 158 valence electrons. The summed E-state index contributed by atoms with van der Waals surface area (Å²) in [7, 11) is -4.32. The van der Waals surface area contributed by atoms with Gasteiger partial charge in [0.05, 0.1) is 21.8 Å². The molecule has 0 atom stereocenters. The molecule has 6 nitrogen and oxygen atoms in total. The molecule has 3 aromatic carbocycles. The van der Waals surface area contributed by atoms with Crippen LogP contribution in [-0.2, 0) is 10.0 Å². The molecule has 11 heteroatoms. The fourth-order valence-electron chi connectivity index (χ4n) is 3.05. The number of nitrogens with zero attached hydrogens (tertiary/aromatic N) is 2. The van der Waals surface area contributed by atoms with E-state index in [1.807, 2.05) is 0 Å². The van der Waals surface area contributed by atoms with E-state index in [2.05, 4.69) is 14.7 Å². The number of nitrogens with two attached hydrogens (primary N) is 1. The number of nitrogen functional groups attached to an aromatic ring is 1. The van der Waals surface area contributed by atoms with Crippen LogP contribution < -0.4 is 10.5 Å². The first-order chi connectivity index (χ1) is 14.7. The normalized spacial score (nSPS) is 11.6. The number of sulfonamides is 1. The van der Waals surface area contributed by atoms with Gasteiger partial charge in [0.15, 0.2) is 5.82 Å². The van der Waals surface area contributed by atoms with Gasteiger partial charge in [-0.2, -0.15) is 0 Å². The lowest BCUT2D eigenvalue weighted by atomic mass is 10.00. The quantitative estimate of drug-likeness (QED) is 0.414. The van der Waals surface area contributed by atoms with Gasteiger partial charge in [-0.25, -0.2) is 27.2 Å². The van der Waals surface area contributed by atoms with Crippen LogP contribution in [0.25, 0.3) is 22.0 Å². The van der Waals surface area contributed by atoms with E-state index in [1.54, 1.807) is 12.1 Å². The molecule has 0 aliphatic heterocycles. The maximum atomic E-state index is 15.4. The van der Waals surface area contributed by atoms with E-state index in [9.17, 15) is 12.8 Å². The van der Waals surface area contributed by atoms with E-state index < -0.39 is 32.9 Å². The Kier molecular flexibility index (Phi) is 5.42. The van der Waals surface area contributed by atoms with Crippen molar-refractivity contribution in [1.82, 2.24) is 9.97 Å². The summed E-state index contributed by atoms with van der Waals surface area (Å²) < 4.78 is 57.7. The summed E-state index contributed by atoms with van der Waals surface area (Å²) in [5, 5.41) is 0.357. The topological polar surface area (TPSA) is 98.0 Å². The average molecular weight is 481 g/mol. The summed E-state index contributed by atoms with van der Waals surface area (Å²) in [6.45, 7) is 0. The standard InChI is InChI=1S/C20H12Cl2F2N4O2S/c21-10-4-5-13(22)17(8-10)31(29,30)28-16-7-6-14(23)18(19(16)24)11-2-1-3-15-12(11)9-26-20(25)27-15/h1-9,28H,(H2,25,26,27). The zero-order valence-corrected chi connectivity index (χ0v) is 17.7. The molecule has 0 bridgehead atoms. The largest absolute Gasteiger partial charge is 0.368 e. The summed E-state index contributed by atoms with van der Waals surface area (Å²) in [6.07, 6.45) is 1.34. The molecule has 3 N–H and O–H groups in total. The van der Waals surface area contributed by atoms with Crippen molar-refractivity contribution in [3.05, 3.63) is 76.4 Å². The molecular weight excluding hydrogens is 469 g/mol. The highest BCUT2D eigenvalue weighted by Gasteiger charge is 2.24. The average Bonchev–Trinajstić information content (AvgIpc) is 2.72. The van der Waals surface area contributed by atoms with Crippen molar-refractivity contribution in [3.8, 4) is 11.1 Å². The number of benzene rings is 3. The summed E-state index contributed by atoms with van der Waals surface area (Å²) >= 11 is 11.8. The van der Waals surface area contributed by atoms with Crippen LogP contribution in [0.3, 0.4) is 0 Å². The molecule has 0 unspecified atom stereocenters. The second kappa shape index (κ2) is 7.92. The van der Waals surface area contributed by atoms with Gasteiger partial charge in [0.25, 0.3) is 10.0 Å². The molecule has 0 amide bonds. The lowest BCUT2D eigenvalue weighted by Gasteiger charge is -2.14. The number of nitrogens with one attached hydrogen (secondary N) is 1. The molecule has 0 saturated carbocycles. The molecule has 0 spiro atoms. The van der Waals surface area contributed by atoms with Crippen molar-refractivity contribution in [2.75, 3.05) is 10.5 Å². The van der Waals surface area contributed by atoms with Crippen molar-refractivity contribution < 1.29 is 17.2 Å². The van der Waals surface area contributed by atoms with Gasteiger partial charge in [-0.15, -0.1) is 0 Å². The summed E-state index contributed by atoms with van der Waals surface area (Å²) in [5.74, 6) is -2.01. The predicted molar refractivity (Wildman–Crippen MR) is 117 cm³/mol. The highest BCUT2D eigenvalue weighted by molar-refractivity contribution is 7.92. The lowest BCUT2D eigenvalue weighted by molar-refractivity contribution is 0.588. The van der Waals surface area contributed by atoms with Gasteiger partial charge in [0, 0.05) is 16.6 Å². The van der Waals surface area contributed by atoms with Gasteiger partial charge in [-0.1, -0.05) is 35.3 Å². The van der Waals surface area contributed by atoms with Crippen LogP contribution in [0.1, 0.15) is 0 Å². The zero-order valence-electron chi connectivity index (χ0n) is 15.4. The number of fused-ring (bicyclic) bond motifs is 1. The summed E-state index contributed by atoms with van der Waals surface area (Å²) in [5.41, 5.74) is 5.17. The number of aromatic nitrogens is 2. The minimum absolute atomic E-state index is 0.00510. The van der Waals surface area contributed by atoms with Crippen molar-refractivity contribution in [2.45, 2.75) is 4.90 Å². The minimum Gasteiger partial charge on any atom is -0.368 e. The van der Waals surface area contributed by atoms with Gasteiger partial charge in [0.2, 0.25) is 5.95 Å². The third-order valence-electron chi connectivity index (χ3n) is 4.43. The van der Waals surface area contributed by atoms with E-state index in [-0.39, 0.29) is 26.5 Å². The SMILES string of the molecule is Nc1ncc2c(-c3c(F)ccc(NS(=O)(=O)c4cc(Cl)ccc4Cl)c3F)cccc2n1. The van der Waals surface area contributed by atoms with Crippen molar-refractivity contribution in [2.24, 2.45) is 0 Å². The summed E-state index contributed by atoms with van der Waals surface area (Å²) in [6, 6.07) is 10.4. The fraction of sp³-hybridized carbons (Fsp3) is 0. The van der Waals surface area contributed by atoms with Crippen LogP contribution >= 0.6 is 23.2 Å². The molecule has 0 aliphatic carbocycles. The molecule has 1 heterocycles. The molecule has 0 aliphatic rings. The van der Waals surface area contributed by atoms with Crippen LogP contribution in [0.15, 0.2) is 59.6 Å². The highest BCUT2D eigenvalue weighted by atomic mass is 35.5. The Morgan fingerprint density at radius 1 is 1.03 bits per heavy atom. The maximum absolute atomic E-state index is 15.4. The second-order valence-corrected chi connectivity index (χ2v) is 8.93. The van der Waals surface area contributed by atoms with Crippen molar-refractivity contribution in [3.63, 3.8) is 0 Å². The predicted octanol–water partition coefficient (Wildman–Crippen LogP) is 5.26. The van der Waals surface area contributed by atoms with Crippen LogP contribution in [0.4, 0.5) is 20.4 Å². The van der Waals surface area contributed by atoms with Crippen LogP contribution in [-0.4, -0.2) is 18.4 Å². The second-order valence-electron chi connectivity index (χ2n) is 6.43. The van der Waals surface area contributed by atoms with Gasteiger partial charge in [0.1, 0.15) is 10.7 Å². The van der Waals surface area contributed by atoms with Crippen LogP contribution in [0.5, 0.6) is 0 Å². The van der Waals surface area contributed by atoms with Gasteiger partial charge < -0.3 is 5.73 Å². The number of halogens is 4. The smallest absolute Gasteiger partial charge is 0.263 e. The third kappa shape index (κ3) is 3.99. The molecule has 0 fully saturated rings. The first kappa shape index (κ1) is 21.2. The highest BCUT2D eigenvalue weighted by Crippen LogP contribution is 2.36. The lowest BCUT2D eigenvalue weighted by Crippen LogP contribution is -2.15. The Morgan fingerprint density at radius 2 is 1.81 bits per heavy atom. The molecular formula is C20H12Cl2F2N4O2S. The molecule has 0 radical (unpaired) electrons. The van der Waals surface area contributed by atoms with Crippen molar-refractivity contribution >= 4 is 55.8 Å². The van der Waals surface area contributed by atoms with Crippen LogP contribution in [0.2, 0.25) is 10.0 Å². The Hall–Kier alpha value is -3.01. The number of anilines is 2. The van der Waals surface area contributed by atoms with Gasteiger partial charge in [-0.3, -0.25) is 4.72 Å². The number of hydrogen-bond acceptors (Lipinski definition) is 5. The van der Waals surface area contributed by atoms with E-state index in [4.69, 9.17) is 28.9 Å². The first-order valence-corrected chi connectivity index (χ1v) is 10.9. The number of rotatable bonds is 4. The number of hydrogen-bond donors (Lipinski definition) is 2. The van der Waals surface area contributed by atoms with Gasteiger partial charge >= 0.3 is 0 Å². The Morgan fingerprint density at radius 3 is 2.58 bits per heavy atom. The monoisotopic (exact) mass is 480 g/mol. The first-order valence-electron chi connectivity index (χ1n) is 8.65. The van der Waals surface area contributed by atoms with Crippen molar-refractivity contribution in [1.29, 1.82) is 0 Å². The minimum atomic E-state index is -4.32. The van der Waals surface area contributed by atoms with Crippen LogP contribution in [0, 0.1) is 11.6 Å². The molecule has 4 rings (SSSR count). The Labute approximate surface area is 185 Å². The van der Waals surface area contributed by atoms with Gasteiger partial charge in [-0.05, 0) is 42.0 Å². The maximum Gasteiger partial charge on any atom is 0.263 e. The molecule has 31 heavy (non-hydrogen) atoms. The molecule has 0 saturated heterocycles. The van der Waals surface area contributed by atoms with E-state index in [0.29, 0.717) is 10.9 Å².